The number of hydrogen-bond donors (Lipinski definition) is 2. The summed E-state index contributed by atoms with van der Waals surface area (Å²) in [5.74, 6) is -0.662. The topological polar surface area (TPSA) is 98.0 Å². The van der Waals surface area contributed by atoms with E-state index in [0.717, 1.165) is 6.07 Å². The molecule has 0 fully saturated rings. The third-order valence-electron chi connectivity index (χ3n) is 2.74. The predicted octanol–water partition coefficient (Wildman–Crippen LogP) is 0.985. The average Bonchev–Trinajstić information content (AvgIpc) is 2.43. The summed E-state index contributed by atoms with van der Waals surface area (Å²) >= 11 is 0. The fourth-order valence-electron chi connectivity index (χ4n) is 1.51. The Morgan fingerprint density at radius 1 is 1.40 bits per heavy atom. The van der Waals surface area contributed by atoms with E-state index in [4.69, 9.17) is 5.73 Å². The Labute approximate surface area is 115 Å². The molecule has 0 aliphatic heterocycles. The highest BCUT2D eigenvalue weighted by Crippen LogP contribution is 2.20. The predicted molar refractivity (Wildman–Crippen MR) is 71.6 cm³/mol. The second kappa shape index (κ2) is 5.51. The van der Waals surface area contributed by atoms with Crippen LogP contribution in [0.25, 0.3) is 0 Å². The van der Waals surface area contributed by atoms with Crippen LogP contribution >= 0.6 is 0 Å². The first kappa shape index (κ1) is 14.4. The molecular weight excluding hydrogens is 283 g/mol. The number of halogens is 1. The standard InChI is InChI=1S/C12H13FN4O2S/c1-8-11(13)5-10(6-12(8)14)20(18,19)16-7-9-3-2-4-15-17-9/h2-6,16H,7,14H2,1H3. The van der Waals surface area contributed by atoms with Crippen molar-refractivity contribution < 1.29 is 12.8 Å². The number of nitrogens with two attached hydrogens (primary N) is 1. The van der Waals surface area contributed by atoms with E-state index in [9.17, 15) is 12.8 Å². The molecule has 2 rings (SSSR count). The van der Waals surface area contributed by atoms with Crippen molar-refractivity contribution in [1.82, 2.24) is 14.9 Å². The highest BCUT2D eigenvalue weighted by Gasteiger charge is 2.17. The number of aromatic nitrogens is 2. The maximum absolute atomic E-state index is 13.5. The van der Waals surface area contributed by atoms with E-state index >= 15 is 0 Å². The fraction of sp³-hybridized carbons (Fsp3) is 0.167. The second-order valence-electron chi connectivity index (χ2n) is 4.16. The van der Waals surface area contributed by atoms with Gasteiger partial charge in [-0.3, -0.25) is 0 Å². The average molecular weight is 296 g/mol. The van der Waals surface area contributed by atoms with Crippen LogP contribution in [-0.4, -0.2) is 18.6 Å². The van der Waals surface area contributed by atoms with E-state index in [1.807, 2.05) is 0 Å². The Morgan fingerprint density at radius 2 is 2.15 bits per heavy atom. The van der Waals surface area contributed by atoms with E-state index in [1.54, 1.807) is 12.1 Å². The zero-order valence-corrected chi connectivity index (χ0v) is 11.5. The molecule has 0 bridgehead atoms. The highest BCUT2D eigenvalue weighted by atomic mass is 32.2. The molecule has 0 saturated heterocycles. The third-order valence-corrected chi connectivity index (χ3v) is 4.12. The normalized spacial score (nSPS) is 11.5. The third kappa shape index (κ3) is 3.09. The van der Waals surface area contributed by atoms with Gasteiger partial charge >= 0.3 is 0 Å². The minimum Gasteiger partial charge on any atom is -0.398 e. The number of hydrogen-bond acceptors (Lipinski definition) is 5. The Hall–Kier alpha value is -2.06. The molecule has 1 aromatic carbocycles. The van der Waals surface area contributed by atoms with E-state index < -0.39 is 15.8 Å². The molecule has 0 aliphatic carbocycles. The maximum Gasteiger partial charge on any atom is 0.241 e. The quantitative estimate of drug-likeness (QED) is 0.820. The van der Waals surface area contributed by atoms with Crippen LogP contribution in [0.2, 0.25) is 0 Å². The number of anilines is 1. The van der Waals surface area contributed by atoms with Crippen LogP contribution in [0.5, 0.6) is 0 Å². The van der Waals surface area contributed by atoms with Gasteiger partial charge in [0.05, 0.1) is 17.1 Å². The van der Waals surface area contributed by atoms with Crippen LogP contribution in [0.15, 0.2) is 35.4 Å². The summed E-state index contributed by atoms with van der Waals surface area (Å²) < 4.78 is 39.9. The maximum atomic E-state index is 13.5. The monoisotopic (exact) mass is 296 g/mol. The molecule has 20 heavy (non-hydrogen) atoms. The number of rotatable bonds is 4. The molecule has 0 aliphatic rings. The molecule has 1 aromatic heterocycles. The van der Waals surface area contributed by atoms with Crippen LogP contribution in [0.1, 0.15) is 11.3 Å². The molecule has 0 unspecified atom stereocenters. The molecule has 0 atom stereocenters. The van der Waals surface area contributed by atoms with Crippen LogP contribution in [-0.2, 0) is 16.6 Å². The molecule has 106 valence electrons. The van der Waals surface area contributed by atoms with Gasteiger partial charge < -0.3 is 5.73 Å². The molecule has 0 spiro atoms. The van der Waals surface area contributed by atoms with Gasteiger partial charge in [0.25, 0.3) is 0 Å². The molecule has 2 aromatic rings. The van der Waals surface area contributed by atoms with Gasteiger partial charge in [-0.2, -0.15) is 10.2 Å². The Bertz CT molecular complexity index is 696. The van der Waals surface area contributed by atoms with Crippen molar-refractivity contribution >= 4 is 15.7 Å². The van der Waals surface area contributed by atoms with Gasteiger partial charge in [0, 0.05) is 17.4 Å². The molecule has 0 amide bonds. The van der Waals surface area contributed by atoms with Gasteiger partial charge in [0.1, 0.15) is 5.82 Å². The highest BCUT2D eigenvalue weighted by molar-refractivity contribution is 7.89. The van der Waals surface area contributed by atoms with E-state index in [-0.39, 0.29) is 22.7 Å². The number of benzene rings is 1. The minimum absolute atomic E-state index is 0.0361. The summed E-state index contributed by atoms with van der Waals surface area (Å²) in [6.07, 6.45) is 1.48. The summed E-state index contributed by atoms with van der Waals surface area (Å²) in [5, 5.41) is 7.38. The number of nitrogen functional groups attached to an aromatic ring is 1. The summed E-state index contributed by atoms with van der Waals surface area (Å²) in [6, 6.07) is 5.42. The lowest BCUT2D eigenvalue weighted by atomic mass is 10.2. The van der Waals surface area contributed by atoms with Gasteiger partial charge in [-0.15, -0.1) is 0 Å². The molecular formula is C12H13FN4O2S. The van der Waals surface area contributed by atoms with Crippen LogP contribution in [0, 0.1) is 12.7 Å². The van der Waals surface area contributed by atoms with Crippen molar-refractivity contribution in [3.05, 3.63) is 47.5 Å². The molecule has 3 N–H and O–H groups in total. The molecule has 0 saturated carbocycles. The smallest absolute Gasteiger partial charge is 0.241 e. The number of nitrogens with one attached hydrogen (secondary N) is 1. The first-order valence-corrected chi connectivity index (χ1v) is 7.20. The second-order valence-corrected chi connectivity index (χ2v) is 5.93. The zero-order chi connectivity index (χ0) is 14.8. The molecule has 8 heteroatoms. The summed E-state index contributed by atoms with van der Waals surface area (Å²) in [6.45, 7) is 1.44. The van der Waals surface area contributed by atoms with Gasteiger partial charge in [-0.05, 0) is 31.2 Å². The lowest BCUT2D eigenvalue weighted by Crippen LogP contribution is -2.24. The van der Waals surface area contributed by atoms with E-state index in [0.29, 0.717) is 5.69 Å². The lowest BCUT2D eigenvalue weighted by molar-refractivity contribution is 0.575. The Balaban J connectivity index is 2.23. The molecule has 1 heterocycles. The molecule has 0 radical (unpaired) electrons. The van der Waals surface area contributed by atoms with Crippen molar-refractivity contribution in [1.29, 1.82) is 0 Å². The Morgan fingerprint density at radius 3 is 2.75 bits per heavy atom. The molecule has 6 nitrogen and oxygen atoms in total. The summed E-state index contributed by atoms with van der Waals surface area (Å²) in [5.41, 5.74) is 6.33. The van der Waals surface area contributed by atoms with Crippen molar-refractivity contribution in [2.24, 2.45) is 0 Å². The van der Waals surface area contributed by atoms with Crippen molar-refractivity contribution in [3.63, 3.8) is 0 Å². The van der Waals surface area contributed by atoms with Gasteiger partial charge in [0.2, 0.25) is 10.0 Å². The summed E-state index contributed by atoms with van der Waals surface area (Å²) in [7, 11) is -3.86. The first-order valence-electron chi connectivity index (χ1n) is 5.72. The first-order chi connectivity index (χ1) is 9.40. The van der Waals surface area contributed by atoms with Crippen LogP contribution in [0.4, 0.5) is 10.1 Å². The van der Waals surface area contributed by atoms with Crippen molar-refractivity contribution in [3.8, 4) is 0 Å². The van der Waals surface area contributed by atoms with Crippen LogP contribution < -0.4 is 10.5 Å². The van der Waals surface area contributed by atoms with Crippen molar-refractivity contribution in [2.75, 3.05) is 5.73 Å². The summed E-state index contributed by atoms with van der Waals surface area (Å²) in [4.78, 5) is -0.220. The van der Waals surface area contributed by atoms with Crippen molar-refractivity contribution in [2.45, 2.75) is 18.4 Å². The Kier molecular flexibility index (Phi) is 3.96. The van der Waals surface area contributed by atoms with Gasteiger partial charge in [0.15, 0.2) is 0 Å². The van der Waals surface area contributed by atoms with Gasteiger partial charge in [-0.25, -0.2) is 17.5 Å². The van der Waals surface area contributed by atoms with Crippen LogP contribution in [0.3, 0.4) is 0 Å². The number of nitrogens with zero attached hydrogens (tertiary/aromatic N) is 2. The minimum atomic E-state index is -3.86. The largest absolute Gasteiger partial charge is 0.398 e. The van der Waals surface area contributed by atoms with E-state index in [1.165, 1.54) is 19.2 Å². The zero-order valence-electron chi connectivity index (χ0n) is 10.7. The number of sulfonamides is 1. The SMILES string of the molecule is Cc1c(N)cc(S(=O)(=O)NCc2cccnn2)cc1F. The lowest BCUT2D eigenvalue weighted by Gasteiger charge is -2.09. The fourth-order valence-corrected chi connectivity index (χ4v) is 2.55. The van der Waals surface area contributed by atoms with E-state index in [2.05, 4.69) is 14.9 Å². The van der Waals surface area contributed by atoms with Gasteiger partial charge in [-0.1, -0.05) is 0 Å².